The molecule has 7 atom stereocenters. The molecule has 4 aliphatic carbocycles. The number of ketones is 1. The lowest BCUT2D eigenvalue weighted by molar-refractivity contribution is -0.132. The summed E-state index contributed by atoms with van der Waals surface area (Å²) in [5.41, 5.74) is 1.75. The minimum Gasteiger partial charge on any atom is -0.393 e. The van der Waals surface area contributed by atoms with Gasteiger partial charge in [-0.25, -0.2) is 0 Å². The third-order valence-electron chi connectivity index (χ3n) is 8.35. The maximum absolute atomic E-state index is 12.4. The van der Waals surface area contributed by atoms with Crippen molar-refractivity contribution in [2.24, 2.45) is 34.5 Å². The highest BCUT2D eigenvalue weighted by Gasteiger charge is 2.59. The van der Waals surface area contributed by atoms with Crippen LogP contribution in [0, 0.1) is 34.5 Å². The fourth-order valence-corrected chi connectivity index (χ4v) is 6.84. The molecule has 22 heavy (non-hydrogen) atoms. The molecule has 0 unspecified atom stereocenters. The Bertz CT molecular complexity index is 536. The molecule has 1 N–H and O–H groups in total. The second kappa shape index (κ2) is 4.69. The van der Waals surface area contributed by atoms with E-state index in [-0.39, 0.29) is 16.9 Å². The van der Waals surface area contributed by atoms with E-state index in [1.165, 1.54) is 12.0 Å². The molecule has 4 rings (SSSR count). The fourth-order valence-electron chi connectivity index (χ4n) is 6.84. The molecule has 4 aliphatic rings. The van der Waals surface area contributed by atoms with E-state index in [0.29, 0.717) is 23.5 Å². The predicted molar refractivity (Wildman–Crippen MR) is 87.3 cm³/mol. The van der Waals surface area contributed by atoms with Gasteiger partial charge in [-0.3, -0.25) is 4.79 Å². The summed E-state index contributed by atoms with van der Waals surface area (Å²) in [7, 11) is 0. The molecular formula is C20H30O2. The molecule has 0 aromatic rings. The Hall–Kier alpha value is -0.630. The standard InChI is InChI=1S/C20H30O2/c1-12-10-14(21)11-13-4-5-15-16-6-7-18(22)19(16,2)9-8-17(15)20(12,13)3/h4,12,14-17,21H,5-11H2,1-3H3/t12-,14+,15-,16-,17-,19-,20-/m0/s1. The highest BCUT2D eigenvalue weighted by molar-refractivity contribution is 5.87. The topological polar surface area (TPSA) is 37.3 Å². The van der Waals surface area contributed by atoms with Crippen molar-refractivity contribution in [3.63, 3.8) is 0 Å². The van der Waals surface area contributed by atoms with Crippen molar-refractivity contribution in [2.75, 3.05) is 0 Å². The van der Waals surface area contributed by atoms with Gasteiger partial charge in [0.2, 0.25) is 0 Å². The van der Waals surface area contributed by atoms with Crippen LogP contribution in [0.15, 0.2) is 11.6 Å². The summed E-state index contributed by atoms with van der Waals surface area (Å²) < 4.78 is 0. The van der Waals surface area contributed by atoms with Gasteiger partial charge >= 0.3 is 0 Å². The lowest BCUT2D eigenvalue weighted by Gasteiger charge is -2.59. The minimum atomic E-state index is -0.146. The molecule has 2 nitrogen and oxygen atoms in total. The Morgan fingerprint density at radius 3 is 2.77 bits per heavy atom. The first kappa shape index (κ1) is 14.9. The summed E-state index contributed by atoms with van der Waals surface area (Å²) in [5.74, 6) is 3.10. The van der Waals surface area contributed by atoms with E-state index in [4.69, 9.17) is 0 Å². The van der Waals surface area contributed by atoms with Crippen molar-refractivity contribution < 1.29 is 9.90 Å². The van der Waals surface area contributed by atoms with Crippen LogP contribution < -0.4 is 0 Å². The second-order valence-corrected chi connectivity index (χ2v) is 9.04. The van der Waals surface area contributed by atoms with Crippen LogP contribution in [0.5, 0.6) is 0 Å². The Kier molecular flexibility index (Phi) is 3.18. The lowest BCUT2D eigenvalue weighted by Crippen LogP contribution is -2.53. The van der Waals surface area contributed by atoms with Gasteiger partial charge in [-0.15, -0.1) is 0 Å². The number of allylic oxidation sites excluding steroid dienone is 1. The molecule has 0 aliphatic heterocycles. The van der Waals surface area contributed by atoms with Crippen LogP contribution in [-0.4, -0.2) is 17.0 Å². The summed E-state index contributed by atoms with van der Waals surface area (Å²) in [5, 5.41) is 10.2. The van der Waals surface area contributed by atoms with Crippen molar-refractivity contribution in [3.05, 3.63) is 11.6 Å². The Morgan fingerprint density at radius 1 is 1.23 bits per heavy atom. The zero-order valence-electron chi connectivity index (χ0n) is 14.3. The zero-order chi connectivity index (χ0) is 15.7. The molecule has 3 saturated carbocycles. The third-order valence-corrected chi connectivity index (χ3v) is 8.35. The highest BCUT2D eigenvalue weighted by atomic mass is 16.3. The van der Waals surface area contributed by atoms with Crippen LogP contribution in [0.3, 0.4) is 0 Å². The van der Waals surface area contributed by atoms with Crippen LogP contribution in [-0.2, 0) is 4.79 Å². The molecule has 0 radical (unpaired) electrons. The molecular weight excluding hydrogens is 272 g/mol. The first-order valence-electron chi connectivity index (χ1n) is 9.28. The fraction of sp³-hybridized carbons (Fsp3) is 0.850. The molecule has 3 fully saturated rings. The molecule has 0 heterocycles. The van der Waals surface area contributed by atoms with E-state index in [0.717, 1.165) is 44.4 Å². The molecule has 2 heteroatoms. The highest BCUT2D eigenvalue weighted by Crippen LogP contribution is 2.65. The van der Waals surface area contributed by atoms with Crippen LogP contribution in [0.4, 0.5) is 0 Å². The number of rotatable bonds is 0. The molecule has 0 saturated heterocycles. The molecule has 122 valence electrons. The third kappa shape index (κ3) is 1.74. The Labute approximate surface area is 134 Å². The summed E-state index contributed by atoms with van der Waals surface area (Å²) in [6, 6.07) is 0. The van der Waals surface area contributed by atoms with Crippen molar-refractivity contribution in [1.82, 2.24) is 0 Å². The lowest BCUT2D eigenvalue weighted by atomic mass is 9.46. The first-order valence-corrected chi connectivity index (χ1v) is 9.28. The number of Topliss-reactive ketones (excluding diaryl/α,β-unsaturated/α-hetero) is 1. The largest absolute Gasteiger partial charge is 0.393 e. The maximum atomic E-state index is 12.4. The van der Waals surface area contributed by atoms with Gasteiger partial charge in [0.1, 0.15) is 5.78 Å². The van der Waals surface area contributed by atoms with Gasteiger partial charge in [0.05, 0.1) is 6.10 Å². The average Bonchev–Trinajstić information content (AvgIpc) is 2.77. The summed E-state index contributed by atoms with van der Waals surface area (Å²) in [6.07, 6.45) is 9.50. The Morgan fingerprint density at radius 2 is 2.00 bits per heavy atom. The first-order chi connectivity index (χ1) is 10.4. The smallest absolute Gasteiger partial charge is 0.139 e. The van der Waals surface area contributed by atoms with E-state index < -0.39 is 0 Å². The van der Waals surface area contributed by atoms with Gasteiger partial charge < -0.3 is 5.11 Å². The van der Waals surface area contributed by atoms with E-state index >= 15 is 0 Å². The van der Waals surface area contributed by atoms with E-state index in [9.17, 15) is 9.90 Å². The van der Waals surface area contributed by atoms with Crippen molar-refractivity contribution in [2.45, 2.75) is 71.8 Å². The molecule has 0 aromatic heterocycles. The predicted octanol–water partition coefficient (Wildman–Crippen LogP) is 4.13. The maximum Gasteiger partial charge on any atom is 0.139 e. The number of carbonyl (C=O) groups is 1. The number of aliphatic hydroxyl groups is 1. The second-order valence-electron chi connectivity index (χ2n) is 9.04. The quantitative estimate of drug-likeness (QED) is 0.683. The summed E-state index contributed by atoms with van der Waals surface area (Å²) in [6.45, 7) is 7.05. The van der Waals surface area contributed by atoms with Gasteiger partial charge in [-0.1, -0.05) is 32.4 Å². The number of aliphatic hydroxyl groups excluding tert-OH is 1. The number of carbonyl (C=O) groups excluding carboxylic acids is 1. The van der Waals surface area contributed by atoms with Crippen LogP contribution in [0.25, 0.3) is 0 Å². The van der Waals surface area contributed by atoms with Crippen molar-refractivity contribution in [3.8, 4) is 0 Å². The van der Waals surface area contributed by atoms with Crippen LogP contribution in [0.1, 0.15) is 65.7 Å². The van der Waals surface area contributed by atoms with Crippen molar-refractivity contribution >= 4 is 5.78 Å². The summed E-state index contributed by atoms with van der Waals surface area (Å²) in [4.78, 5) is 12.4. The molecule has 0 spiro atoms. The SMILES string of the molecule is C[C@H]1C[C@@H](O)CC2=CC[C@@H]3[C@H](CC[C@]4(C)C(=O)CC[C@@H]34)[C@]21C. The van der Waals surface area contributed by atoms with Gasteiger partial charge in [-0.2, -0.15) is 0 Å². The summed E-state index contributed by atoms with van der Waals surface area (Å²) >= 11 is 0. The molecule has 0 bridgehead atoms. The molecule has 0 amide bonds. The van der Waals surface area contributed by atoms with Crippen LogP contribution >= 0.6 is 0 Å². The van der Waals surface area contributed by atoms with E-state index in [2.05, 4.69) is 26.8 Å². The van der Waals surface area contributed by atoms with Crippen molar-refractivity contribution in [1.29, 1.82) is 0 Å². The molecule has 0 aromatic carbocycles. The normalized spacial score (nSPS) is 54.3. The average molecular weight is 302 g/mol. The van der Waals surface area contributed by atoms with Gasteiger partial charge in [0.25, 0.3) is 0 Å². The number of hydrogen-bond donors (Lipinski definition) is 1. The Balaban J connectivity index is 1.72. The van der Waals surface area contributed by atoms with Gasteiger partial charge in [0, 0.05) is 11.8 Å². The van der Waals surface area contributed by atoms with E-state index in [1.807, 2.05) is 0 Å². The number of hydrogen-bond acceptors (Lipinski definition) is 2. The van der Waals surface area contributed by atoms with Crippen LogP contribution in [0.2, 0.25) is 0 Å². The van der Waals surface area contributed by atoms with Gasteiger partial charge in [0.15, 0.2) is 0 Å². The van der Waals surface area contributed by atoms with Gasteiger partial charge in [-0.05, 0) is 67.6 Å². The minimum absolute atomic E-state index is 0.0275. The van der Waals surface area contributed by atoms with E-state index in [1.54, 1.807) is 0 Å². The monoisotopic (exact) mass is 302 g/mol. The number of fused-ring (bicyclic) bond motifs is 5. The zero-order valence-corrected chi connectivity index (χ0v) is 14.3.